The van der Waals surface area contributed by atoms with E-state index in [1.807, 2.05) is 11.8 Å². The molecule has 1 saturated carbocycles. The third kappa shape index (κ3) is 4.80. The summed E-state index contributed by atoms with van der Waals surface area (Å²) >= 11 is 0. The molecule has 1 aliphatic heterocycles. The van der Waals surface area contributed by atoms with Crippen LogP contribution in [0.5, 0.6) is 0 Å². The van der Waals surface area contributed by atoms with Gasteiger partial charge in [0.05, 0.1) is 29.0 Å². The second-order valence-electron chi connectivity index (χ2n) is 10.4. The Morgan fingerprint density at radius 1 is 0.975 bits per heavy atom. The van der Waals surface area contributed by atoms with Crippen molar-refractivity contribution in [2.75, 3.05) is 31.1 Å². The lowest BCUT2D eigenvalue weighted by atomic mass is 9.95. The smallest absolute Gasteiger partial charge is 0.295 e. The molecule has 2 amide bonds. The number of aromatic nitrogens is 6. The SMILES string of the molecule is Cc1cnc(-n2ccnn2)c2[nH]cc(C(=O)C(=O)N3CCN(c4ncccc4C(=O)NC4CCCCC4)CC3)c12. The topological polar surface area (TPSA) is 142 Å². The highest BCUT2D eigenvalue weighted by Gasteiger charge is 2.31. The number of aromatic amines is 1. The van der Waals surface area contributed by atoms with Gasteiger partial charge in [-0.2, -0.15) is 0 Å². The number of nitrogens with one attached hydrogen (secondary N) is 2. The largest absolute Gasteiger partial charge is 0.357 e. The molecule has 0 atom stereocenters. The number of pyridine rings is 2. The van der Waals surface area contributed by atoms with E-state index < -0.39 is 11.7 Å². The number of H-pyrrole nitrogens is 1. The lowest BCUT2D eigenvalue weighted by molar-refractivity contribution is -0.126. The van der Waals surface area contributed by atoms with Crippen LogP contribution in [0.1, 0.15) is 58.4 Å². The maximum absolute atomic E-state index is 13.4. The maximum atomic E-state index is 13.4. The maximum Gasteiger partial charge on any atom is 0.295 e. The van der Waals surface area contributed by atoms with E-state index in [2.05, 4.69) is 30.6 Å². The monoisotopic (exact) mass is 541 g/mol. The predicted octanol–water partition coefficient (Wildman–Crippen LogP) is 2.44. The molecule has 2 fully saturated rings. The van der Waals surface area contributed by atoms with Crippen molar-refractivity contribution in [3.05, 3.63) is 59.8 Å². The Morgan fingerprint density at radius 2 is 1.77 bits per heavy atom. The van der Waals surface area contributed by atoms with Gasteiger partial charge in [-0.1, -0.05) is 24.5 Å². The van der Waals surface area contributed by atoms with Crippen molar-refractivity contribution in [1.82, 2.24) is 40.2 Å². The van der Waals surface area contributed by atoms with E-state index in [1.54, 1.807) is 48.0 Å². The molecule has 0 spiro atoms. The number of amides is 2. The number of carbonyl (C=O) groups is 3. The van der Waals surface area contributed by atoms with E-state index in [1.165, 1.54) is 11.1 Å². The first kappa shape index (κ1) is 25.7. The van der Waals surface area contributed by atoms with Crippen LogP contribution >= 0.6 is 0 Å². The van der Waals surface area contributed by atoms with Crippen molar-refractivity contribution < 1.29 is 14.4 Å². The molecular weight excluding hydrogens is 510 g/mol. The summed E-state index contributed by atoms with van der Waals surface area (Å²) in [6.07, 6.45) is 13.6. The number of anilines is 1. The van der Waals surface area contributed by atoms with Crippen molar-refractivity contribution in [1.29, 1.82) is 0 Å². The number of fused-ring (bicyclic) bond motifs is 1. The van der Waals surface area contributed by atoms with Crippen molar-refractivity contribution in [2.45, 2.75) is 45.1 Å². The molecule has 12 heteroatoms. The molecule has 2 aliphatic rings. The molecule has 206 valence electrons. The minimum absolute atomic E-state index is 0.113. The zero-order chi connectivity index (χ0) is 27.6. The average Bonchev–Trinajstić information content (AvgIpc) is 3.69. The number of hydrogen-bond acceptors (Lipinski definition) is 8. The van der Waals surface area contributed by atoms with Gasteiger partial charge in [0.15, 0.2) is 5.82 Å². The highest BCUT2D eigenvalue weighted by Crippen LogP contribution is 2.27. The molecular formula is C28H31N9O3. The summed E-state index contributed by atoms with van der Waals surface area (Å²) in [4.78, 5) is 55.4. The van der Waals surface area contributed by atoms with Gasteiger partial charge in [0.25, 0.3) is 17.6 Å². The Labute approximate surface area is 230 Å². The first-order valence-electron chi connectivity index (χ1n) is 13.7. The number of Topliss-reactive ketones (excluding diaryl/α,β-unsaturated/α-hetero) is 1. The first-order valence-corrected chi connectivity index (χ1v) is 13.7. The standard InChI is InChI=1S/C28H31N9O3/c1-18-16-31-26(37-11-10-32-34-37)23-22(18)21(17-30-23)24(38)28(40)36-14-12-35(13-15-36)25-20(8-5-9-29-25)27(39)33-19-6-3-2-4-7-19/h5,8-11,16-17,19,30H,2-4,6-7,12-15H2,1H3,(H,33,39). The minimum atomic E-state index is -0.580. The summed E-state index contributed by atoms with van der Waals surface area (Å²) in [6.45, 7) is 3.47. The summed E-state index contributed by atoms with van der Waals surface area (Å²) in [6, 6.07) is 3.76. The number of rotatable bonds is 6. The van der Waals surface area contributed by atoms with Crippen molar-refractivity contribution in [2.24, 2.45) is 0 Å². The third-order valence-electron chi connectivity index (χ3n) is 7.80. The third-order valence-corrected chi connectivity index (χ3v) is 7.80. The molecule has 5 heterocycles. The van der Waals surface area contributed by atoms with Gasteiger partial charge in [0.2, 0.25) is 0 Å². The van der Waals surface area contributed by atoms with Crippen molar-refractivity contribution >= 4 is 34.3 Å². The predicted molar refractivity (Wildman–Crippen MR) is 147 cm³/mol. The second kappa shape index (κ2) is 10.9. The fourth-order valence-electron chi connectivity index (χ4n) is 5.69. The minimum Gasteiger partial charge on any atom is -0.357 e. The van der Waals surface area contributed by atoms with E-state index in [0.29, 0.717) is 59.8 Å². The van der Waals surface area contributed by atoms with Gasteiger partial charge in [-0.25, -0.2) is 14.6 Å². The van der Waals surface area contributed by atoms with Crippen molar-refractivity contribution in [3.8, 4) is 5.82 Å². The number of piperazine rings is 1. The molecule has 40 heavy (non-hydrogen) atoms. The molecule has 12 nitrogen and oxygen atoms in total. The van der Waals surface area contributed by atoms with E-state index in [9.17, 15) is 14.4 Å². The van der Waals surface area contributed by atoms with E-state index in [-0.39, 0.29) is 11.9 Å². The van der Waals surface area contributed by atoms with Crippen LogP contribution in [0.25, 0.3) is 16.7 Å². The lowest BCUT2D eigenvalue weighted by Gasteiger charge is -2.35. The zero-order valence-corrected chi connectivity index (χ0v) is 22.3. The average molecular weight is 542 g/mol. The molecule has 1 aliphatic carbocycles. The normalized spacial score (nSPS) is 16.3. The Balaban J connectivity index is 1.15. The Kier molecular flexibility index (Phi) is 6.97. The molecule has 4 aromatic heterocycles. The zero-order valence-electron chi connectivity index (χ0n) is 22.3. The Bertz CT molecular complexity index is 1550. The van der Waals surface area contributed by atoms with Crippen LogP contribution < -0.4 is 10.2 Å². The van der Waals surface area contributed by atoms with Crippen LogP contribution in [0.3, 0.4) is 0 Å². The molecule has 1 saturated heterocycles. The molecule has 6 rings (SSSR count). The van der Waals surface area contributed by atoms with Crippen LogP contribution in [-0.4, -0.2) is 84.7 Å². The van der Waals surface area contributed by atoms with E-state index >= 15 is 0 Å². The van der Waals surface area contributed by atoms with Gasteiger partial charge in [-0.3, -0.25) is 14.4 Å². The van der Waals surface area contributed by atoms with E-state index in [0.717, 1.165) is 31.2 Å². The number of carbonyl (C=O) groups excluding carboxylic acids is 3. The number of ketones is 1. The van der Waals surface area contributed by atoms with Gasteiger partial charge in [0, 0.05) is 56.2 Å². The molecule has 4 aromatic rings. The van der Waals surface area contributed by atoms with Crippen LogP contribution in [0.2, 0.25) is 0 Å². The van der Waals surface area contributed by atoms with Crippen LogP contribution in [0.4, 0.5) is 5.82 Å². The summed E-state index contributed by atoms with van der Waals surface area (Å²) in [7, 11) is 0. The Hall–Kier alpha value is -4.61. The number of aryl methyl sites for hydroxylation is 1. The summed E-state index contributed by atoms with van der Waals surface area (Å²) < 4.78 is 1.51. The summed E-state index contributed by atoms with van der Waals surface area (Å²) in [5.74, 6) is -0.149. The highest BCUT2D eigenvalue weighted by molar-refractivity contribution is 6.45. The Morgan fingerprint density at radius 3 is 2.52 bits per heavy atom. The lowest BCUT2D eigenvalue weighted by Crippen LogP contribution is -2.51. The van der Waals surface area contributed by atoms with E-state index in [4.69, 9.17) is 0 Å². The first-order chi connectivity index (χ1) is 19.5. The quantitative estimate of drug-likeness (QED) is 0.280. The fraction of sp³-hybridized carbons (Fsp3) is 0.393. The molecule has 2 N–H and O–H groups in total. The molecule has 0 bridgehead atoms. The number of nitrogens with zero attached hydrogens (tertiary/aromatic N) is 7. The van der Waals surface area contributed by atoms with Crippen LogP contribution in [0, 0.1) is 6.92 Å². The van der Waals surface area contributed by atoms with Crippen molar-refractivity contribution in [3.63, 3.8) is 0 Å². The van der Waals surface area contributed by atoms with Crippen LogP contribution in [-0.2, 0) is 4.79 Å². The van der Waals surface area contributed by atoms with Crippen LogP contribution in [0.15, 0.2) is 43.1 Å². The summed E-state index contributed by atoms with van der Waals surface area (Å²) in [5, 5.41) is 11.6. The summed E-state index contributed by atoms with van der Waals surface area (Å²) in [5.41, 5.74) is 2.22. The molecule has 0 aromatic carbocycles. The van der Waals surface area contributed by atoms with Gasteiger partial charge >= 0.3 is 0 Å². The molecule has 0 unspecified atom stereocenters. The molecule has 0 radical (unpaired) electrons. The fourth-order valence-corrected chi connectivity index (χ4v) is 5.69. The van der Waals surface area contributed by atoms with Gasteiger partial charge < -0.3 is 20.1 Å². The number of hydrogen-bond donors (Lipinski definition) is 2. The van der Waals surface area contributed by atoms with Gasteiger partial charge in [0.1, 0.15) is 5.82 Å². The second-order valence-corrected chi connectivity index (χ2v) is 10.4. The highest BCUT2D eigenvalue weighted by atomic mass is 16.2. The van der Waals surface area contributed by atoms with Gasteiger partial charge in [-0.15, -0.1) is 5.10 Å². The van der Waals surface area contributed by atoms with Gasteiger partial charge in [-0.05, 0) is 37.5 Å².